The number of hydrogen-bond acceptors (Lipinski definition) is 3. The maximum atomic E-state index is 13.0. The Labute approximate surface area is 177 Å². The molecule has 14 heteroatoms. The summed E-state index contributed by atoms with van der Waals surface area (Å²) in [5, 5.41) is 7.37. The number of nitrogens with one attached hydrogen (secondary N) is 1. The SMILES string of the molecule is CCc1nn(-c2c(Cl)cc(C(F)(F)F)cc2Cl)nc1-c1nc(Br)c(C(F)(F)F)[nH]1. The second-order valence-corrected chi connectivity index (χ2v) is 7.24. The minimum Gasteiger partial charge on any atom is -0.332 e. The molecule has 5 nitrogen and oxygen atoms in total. The predicted octanol–water partition coefficient (Wildman–Crippen LogP) is 6.33. The molecule has 0 saturated heterocycles. The fourth-order valence-electron chi connectivity index (χ4n) is 2.43. The van der Waals surface area contributed by atoms with Crippen LogP contribution in [0.5, 0.6) is 0 Å². The number of aromatic nitrogens is 5. The number of aryl methyl sites for hydroxylation is 1. The predicted molar refractivity (Wildman–Crippen MR) is 96.0 cm³/mol. The van der Waals surface area contributed by atoms with Crippen LogP contribution < -0.4 is 0 Å². The summed E-state index contributed by atoms with van der Waals surface area (Å²) in [7, 11) is 0. The van der Waals surface area contributed by atoms with Crippen LogP contribution in [0.1, 0.15) is 23.9 Å². The summed E-state index contributed by atoms with van der Waals surface area (Å²) in [6, 6.07) is 1.31. The molecular weight excluding hydrogens is 515 g/mol. The Hall–Kier alpha value is -1.79. The number of rotatable bonds is 3. The van der Waals surface area contributed by atoms with E-state index in [1.54, 1.807) is 6.92 Å². The molecule has 0 amide bonds. The molecule has 0 bridgehead atoms. The van der Waals surface area contributed by atoms with E-state index in [0.717, 1.165) is 4.80 Å². The fraction of sp³-hybridized carbons (Fsp3) is 0.267. The second kappa shape index (κ2) is 7.47. The molecule has 3 rings (SSSR count). The van der Waals surface area contributed by atoms with Crippen LogP contribution in [0.4, 0.5) is 26.3 Å². The van der Waals surface area contributed by atoms with E-state index >= 15 is 0 Å². The first-order valence-corrected chi connectivity index (χ1v) is 9.23. The monoisotopic (exact) mass is 521 g/mol. The van der Waals surface area contributed by atoms with E-state index in [1.807, 2.05) is 0 Å². The third-order valence-corrected chi connectivity index (χ3v) is 4.88. The number of alkyl halides is 6. The van der Waals surface area contributed by atoms with Gasteiger partial charge in [0.1, 0.15) is 10.3 Å². The molecule has 2 heterocycles. The molecule has 1 aromatic carbocycles. The lowest BCUT2D eigenvalue weighted by Gasteiger charge is -2.11. The normalized spacial score (nSPS) is 12.6. The molecule has 0 aliphatic rings. The summed E-state index contributed by atoms with van der Waals surface area (Å²) in [4.78, 5) is 6.75. The lowest BCUT2D eigenvalue weighted by molar-refractivity contribution is -0.141. The van der Waals surface area contributed by atoms with Crippen molar-refractivity contribution >= 4 is 39.1 Å². The van der Waals surface area contributed by atoms with Crippen LogP contribution in [-0.4, -0.2) is 25.0 Å². The van der Waals surface area contributed by atoms with Crippen molar-refractivity contribution in [3.05, 3.63) is 43.7 Å². The zero-order valence-electron chi connectivity index (χ0n) is 14.1. The average molecular weight is 523 g/mol. The minimum absolute atomic E-state index is 0.0317. The summed E-state index contributed by atoms with van der Waals surface area (Å²) < 4.78 is 77.2. The highest BCUT2D eigenvalue weighted by Crippen LogP contribution is 2.38. The first-order valence-electron chi connectivity index (χ1n) is 7.68. The standard InChI is InChI=1S/C15H8BrCl2F6N5/c1-2-8-9(13-25-11(12(16)26-13)15(22,23)24)28-29(27-8)10-6(17)3-5(4-7(10)18)14(19,20)21/h3-4H,2H2,1H3,(H,25,26). The zero-order chi connectivity index (χ0) is 21.7. The molecule has 0 saturated carbocycles. The number of hydrogen-bond donors (Lipinski definition) is 1. The summed E-state index contributed by atoms with van der Waals surface area (Å²) in [6.07, 6.45) is -9.12. The minimum atomic E-state index is -4.69. The number of aromatic amines is 1. The van der Waals surface area contributed by atoms with Gasteiger partial charge in [0.2, 0.25) is 0 Å². The third-order valence-electron chi connectivity index (χ3n) is 3.73. The molecule has 0 atom stereocenters. The zero-order valence-corrected chi connectivity index (χ0v) is 17.2. The van der Waals surface area contributed by atoms with Crippen molar-refractivity contribution in [1.82, 2.24) is 25.0 Å². The highest BCUT2D eigenvalue weighted by atomic mass is 79.9. The van der Waals surface area contributed by atoms with Gasteiger partial charge in [-0.1, -0.05) is 30.1 Å². The first-order chi connectivity index (χ1) is 13.3. The second-order valence-electron chi connectivity index (χ2n) is 5.67. The Bertz CT molecular complexity index is 1050. The van der Waals surface area contributed by atoms with Crippen molar-refractivity contribution in [3.8, 4) is 17.2 Å². The van der Waals surface area contributed by atoms with Gasteiger partial charge in [0.15, 0.2) is 17.2 Å². The van der Waals surface area contributed by atoms with Crippen LogP contribution in [0.25, 0.3) is 17.2 Å². The van der Waals surface area contributed by atoms with Crippen molar-refractivity contribution in [2.24, 2.45) is 0 Å². The number of halogens is 9. The highest BCUT2D eigenvalue weighted by Gasteiger charge is 2.37. The smallest absolute Gasteiger partial charge is 0.332 e. The Morgan fingerprint density at radius 3 is 2.07 bits per heavy atom. The summed E-state index contributed by atoms with van der Waals surface area (Å²) in [5.41, 5.74) is -2.13. The van der Waals surface area contributed by atoms with Crippen LogP contribution in [0.2, 0.25) is 10.0 Å². The van der Waals surface area contributed by atoms with Crippen LogP contribution >= 0.6 is 39.1 Å². The molecule has 0 aliphatic carbocycles. The molecule has 29 heavy (non-hydrogen) atoms. The van der Waals surface area contributed by atoms with E-state index in [2.05, 4.69) is 36.1 Å². The van der Waals surface area contributed by atoms with Gasteiger partial charge < -0.3 is 4.98 Å². The molecule has 0 fully saturated rings. The van der Waals surface area contributed by atoms with Gasteiger partial charge in [-0.05, 0) is 34.5 Å². The first kappa shape index (κ1) is 21.9. The number of imidazole rings is 1. The Balaban J connectivity index is 2.13. The summed E-state index contributed by atoms with van der Waals surface area (Å²) >= 11 is 14.6. The summed E-state index contributed by atoms with van der Waals surface area (Å²) in [5.74, 6) is -0.230. The molecule has 0 radical (unpaired) electrons. The highest BCUT2D eigenvalue weighted by molar-refractivity contribution is 9.10. The number of benzene rings is 1. The topological polar surface area (TPSA) is 59.4 Å². The summed E-state index contributed by atoms with van der Waals surface area (Å²) in [6.45, 7) is 1.66. The van der Waals surface area contributed by atoms with Crippen LogP contribution in [-0.2, 0) is 18.8 Å². The van der Waals surface area contributed by atoms with Crippen LogP contribution in [0, 0.1) is 0 Å². The maximum absolute atomic E-state index is 13.0. The van der Waals surface area contributed by atoms with Crippen LogP contribution in [0.3, 0.4) is 0 Å². The largest absolute Gasteiger partial charge is 0.433 e. The van der Waals surface area contributed by atoms with E-state index in [4.69, 9.17) is 23.2 Å². The Morgan fingerprint density at radius 2 is 1.62 bits per heavy atom. The molecule has 0 aliphatic heterocycles. The van der Waals surface area contributed by atoms with Gasteiger partial charge in [-0.25, -0.2) is 4.98 Å². The Kier molecular flexibility index (Phi) is 5.65. The molecule has 0 unspecified atom stereocenters. The molecular formula is C15H8BrCl2F6N5. The number of nitrogens with zero attached hydrogens (tertiary/aromatic N) is 4. The van der Waals surface area contributed by atoms with Crippen molar-refractivity contribution in [3.63, 3.8) is 0 Å². The van der Waals surface area contributed by atoms with Crippen molar-refractivity contribution in [1.29, 1.82) is 0 Å². The molecule has 156 valence electrons. The quantitative estimate of drug-likeness (QED) is 0.409. The van der Waals surface area contributed by atoms with Gasteiger partial charge in [0.25, 0.3) is 0 Å². The van der Waals surface area contributed by atoms with E-state index in [1.165, 1.54) is 0 Å². The van der Waals surface area contributed by atoms with Gasteiger partial charge in [0.05, 0.1) is 21.3 Å². The lowest BCUT2D eigenvalue weighted by Crippen LogP contribution is -2.08. The average Bonchev–Trinajstić information content (AvgIpc) is 3.16. The van der Waals surface area contributed by atoms with Crippen molar-refractivity contribution in [2.45, 2.75) is 25.7 Å². The van der Waals surface area contributed by atoms with Crippen molar-refractivity contribution < 1.29 is 26.3 Å². The van der Waals surface area contributed by atoms with Gasteiger partial charge in [0, 0.05) is 0 Å². The molecule has 2 aromatic heterocycles. The van der Waals surface area contributed by atoms with Crippen LogP contribution in [0.15, 0.2) is 16.7 Å². The molecule has 3 aromatic rings. The van der Waals surface area contributed by atoms with Gasteiger partial charge in [-0.2, -0.15) is 31.4 Å². The van der Waals surface area contributed by atoms with Gasteiger partial charge in [-0.3, -0.25) is 0 Å². The van der Waals surface area contributed by atoms with Gasteiger partial charge in [-0.15, -0.1) is 9.90 Å². The van der Waals surface area contributed by atoms with E-state index in [9.17, 15) is 26.3 Å². The fourth-order valence-corrected chi connectivity index (χ4v) is 3.57. The van der Waals surface area contributed by atoms with Gasteiger partial charge >= 0.3 is 12.4 Å². The van der Waals surface area contributed by atoms with Crippen molar-refractivity contribution in [2.75, 3.05) is 0 Å². The van der Waals surface area contributed by atoms with E-state index in [-0.39, 0.29) is 39.4 Å². The molecule has 1 N–H and O–H groups in total. The molecule has 0 spiro atoms. The van der Waals surface area contributed by atoms with E-state index in [0.29, 0.717) is 12.1 Å². The maximum Gasteiger partial charge on any atom is 0.433 e. The van der Waals surface area contributed by atoms with E-state index < -0.39 is 28.2 Å². The number of H-pyrrole nitrogens is 1. The Morgan fingerprint density at radius 1 is 1.03 bits per heavy atom. The lowest BCUT2D eigenvalue weighted by atomic mass is 10.2. The third kappa shape index (κ3) is 4.24.